The zero-order chi connectivity index (χ0) is 21.7. The summed E-state index contributed by atoms with van der Waals surface area (Å²) in [7, 11) is 1.78. The molecule has 0 fully saturated rings. The summed E-state index contributed by atoms with van der Waals surface area (Å²) in [5.74, 6) is -0.647. The molecule has 1 aromatic heterocycles. The number of rotatable bonds is 7. The first-order valence-corrected chi connectivity index (χ1v) is 9.18. The maximum Gasteiger partial charge on any atom is 0.283 e. The third kappa shape index (κ3) is 4.86. The molecule has 0 saturated carbocycles. The maximum atomic E-state index is 12.1. The summed E-state index contributed by atoms with van der Waals surface area (Å²) in [5, 5.41) is 26.6. The first-order valence-electron chi connectivity index (χ1n) is 8.36. The molecule has 11 nitrogen and oxygen atoms in total. The minimum atomic E-state index is -0.647. The molecule has 0 bridgehead atoms. The minimum absolute atomic E-state index is 0.0640. The van der Waals surface area contributed by atoms with E-state index in [0.717, 1.165) is 17.8 Å². The molecule has 1 N–H and O–H groups in total. The van der Waals surface area contributed by atoms with Crippen molar-refractivity contribution in [2.45, 2.75) is 10.1 Å². The molecular weight excluding hydrogens is 412 g/mol. The molecule has 3 rings (SSSR count). The van der Waals surface area contributed by atoms with Crippen molar-refractivity contribution in [1.82, 2.24) is 15.0 Å². The fraction of sp³-hybridized carbons (Fsp3) is 0.0556. The van der Waals surface area contributed by atoms with Gasteiger partial charge in [-0.3, -0.25) is 25.0 Å². The van der Waals surface area contributed by atoms with E-state index in [9.17, 15) is 25.0 Å². The number of hydrazone groups is 1. The van der Waals surface area contributed by atoms with E-state index < -0.39 is 15.8 Å². The van der Waals surface area contributed by atoms with E-state index in [1.165, 1.54) is 30.5 Å². The van der Waals surface area contributed by atoms with Crippen molar-refractivity contribution in [3.05, 3.63) is 86.2 Å². The SMILES string of the molecule is Cn1ccnc1Sc1ccc(/C=N\NC(=O)c2cccc([N+](=O)[O-])c2)cc1[N+](=O)[O-]. The number of aryl methyl sites for hydroxylation is 1. The normalized spacial score (nSPS) is 10.8. The number of hydrogen-bond acceptors (Lipinski definition) is 8. The van der Waals surface area contributed by atoms with Crippen molar-refractivity contribution in [3.63, 3.8) is 0 Å². The van der Waals surface area contributed by atoms with Gasteiger partial charge in [0, 0.05) is 48.8 Å². The summed E-state index contributed by atoms with van der Waals surface area (Å²) in [6.07, 6.45) is 4.58. The zero-order valence-corrected chi connectivity index (χ0v) is 16.3. The lowest BCUT2D eigenvalue weighted by Gasteiger charge is -2.04. The van der Waals surface area contributed by atoms with Gasteiger partial charge in [-0.15, -0.1) is 0 Å². The number of imidazole rings is 1. The highest BCUT2D eigenvalue weighted by atomic mass is 32.2. The Hall–Kier alpha value is -4.06. The van der Waals surface area contributed by atoms with Crippen LogP contribution in [0, 0.1) is 20.2 Å². The Morgan fingerprint density at radius 3 is 2.67 bits per heavy atom. The lowest BCUT2D eigenvalue weighted by Crippen LogP contribution is -2.17. The van der Waals surface area contributed by atoms with Crippen molar-refractivity contribution in [2.75, 3.05) is 0 Å². The van der Waals surface area contributed by atoms with Gasteiger partial charge in [-0.25, -0.2) is 10.4 Å². The predicted molar refractivity (Wildman–Crippen MR) is 109 cm³/mol. The molecular formula is C18H14N6O5S. The first kappa shape index (κ1) is 20.7. The van der Waals surface area contributed by atoms with Gasteiger partial charge in [-0.1, -0.05) is 12.1 Å². The summed E-state index contributed by atoms with van der Waals surface area (Å²) < 4.78 is 1.74. The van der Waals surface area contributed by atoms with Crippen LogP contribution in [0.1, 0.15) is 15.9 Å². The maximum absolute atomic E-state index is 12.1. The molecule has 0 aliphatic carbocycles. The number of nitro groups is 2. The molecule has 3 aromatic rings. The quantitative estimate of drug-likeness (QED) is 0.347. The van der Waals surface area contributed by atoms with Gasteiger partial charge in [0.25, 0.3) is 17.3 Å². The fourth-order valence-electron chi connectivity index (χ4n) is 2.38. The molecule has 0 atom stereocenters. The van der Waals surface area contributed by atoms with Crippen molar-refractivity contribution in [3.8, 4) is 0 Å². The Labute approximate surface area is 173 Å². The third-order valence-electron chi connectivity index (χ3n) is 3.86. The lowest BCUT2D eigenvalue weighted by molar-refractivity contribution is -0.387. The zero-order valence-electron chi connectivity index (χ0n) is 15.5. The smallest absolute Gasteiger partial charge is 0.283 e. The number of aromatic nitrogens is 2. The van der Waals surface area contributed by atoms with E-state index in [2.05, 4.69) is 15.5 Å². The molecule has 2 aromatic carbocycles. The molecule has 0 unspecified atom stereocenters. The topological polar surface area (TPSA) is 146 Å². The van der Waals surface area contributed by atoms with Crippen LogP contribution in [0.4, 0.5) is 11.4 Å². The molecule has 30 heavy (non-hydrogen) atoms. The summed E-state index contributed by atoms with van der Waals surface area (Å²) in [4.78, 5) is 37.7. The Morgan fingerprint density at radius 1 is 1.20 bits per heavy atom. The van der Waals surface area contributed by atoms with Crippen LogP contribution in [-0.2, 0) is 7.05 Å². The Bertz CT molecular complexity index is 1160. The number of nitro benzene ring substituents is 2. The largest absolute Gasteiger partial charge is 0.329 e. The molecule has 0 radical (unpaired) electrons. The molecule has 0 aliphatic rings. The van der Waals surface area contributed by atoms with Gasteiger partial charge >= 0.3 is 0 Å². The molecule has 0 aliphatic heterocycles. The molecule has 1 amide bonds. The van der Waals surface area contributed by atoms with Gasteiger partial charge in [0.05, 0.1) is 21.0 Å². The van der Waals surface area contributed by atoms with E-state index in [0.29, 0.717) is 15.6 Å². The Morgan fingerprint density at radius 2 is 2.00 bits per heavy atom. The third-order valence-corrected chi connectivity index (χ3v) is 5.00. The minimum Gasteiger partial charge on any atom is -0.329 e. The monoisotopic (exact) mass is 426 g/mol. The standard InChI is InChI=1S/C18H14N6O5S/c1-22-8-7-19-18(22)30-16-6-5-12(9-15(16)24(28)29)11-20-21-17(25)13-3-2-4-14(10-13)23(26)27/h2-11H,1H3,(H,21,25)/b20-11-. The number of nitrogens with zero attached hydrogens (tertiary/aromatic N) is 5. The number of non-ortho nitro benzene ring substituents is 1. The van der Waals surface area contributed by atoms with Crippen LogP contribution in [0.5, 0.6) is 0 Å². The summed E-state index contributed by atoms with van der Waals surface area (Å²) in [6.45, 7) is 0. The van der Waals surface area contributed by atoms with Crippen LogP contribution in [-0.4, -0.2) is 31.5 Å². The Kier molecular flexibility index (Phi) is 6.17. The highest BCUT2D eigenvalue weighted by Gasteiger charge is 2.17. The number of benzene rings is 2. The van der Waals surface area contributed by atoms with Crippen LogP contribution in [0.15, 0.2) is 70.0 Å². The van der Waals surface area contributed by atoms with Crippen LogP contribution < -0.4 is 5.43 Å². The van der Waals surface area contributed by atoms with Crippen molar-refractivity contribution in [1.29, 1.82) is 0 Å². The van der Waals surface area contributed by atoms with Gasteiger partial charge in [-0.05, 0) is 23.9 Å². The summed E-state index contributed by atoms with van der Waals surface area (Å²) in [5.41, 5.74) is 2.35. The van der Waals surface area contributed by atoms with E-state index in [1.54, 1.807) is 36.1 Å². The van der Waals surface area contributed by atoms with E-state index >= 15 is 0 Å². The number of carbonyl (C=O) groups excluding carboxylic acids is 1. The van der Waals surface area contributed by atoms with Crippen molar-refractivity contribution in [2.24, 2.45) is 12.1 Å². The predicted octanol–water partition coefficient (Wildman–Crippen LogP) is 3.15. The van der Waals surface area contributed by atoms with Crippen molar-refractivity contribution < 1.29 is 14.6 Å². The second kappa shape index (κ2) is 8.96. The summed E-state index contributed by atoms with van der Waals surface area (Å²) >= 11 is 1.16. The molecule has 0 saturated heterocycles. The molecule has 152 valence electrons. The van der Waals surface area contributed by atoms with Crippen molar-refractivity contribution >= 4 is 35.3 Å². The van der Waals surface area contributed by atoms with Gasteiger partial charge in [0.15, 0.2) is 5.16 Å². The number of amides is 1. The fourth-order valence-corrected chi connectivity index (χ4v) is 3.27. The van der Waals surface area contributed by atoms with Gasteiger partial charge < -0.3 is 4.57 Å². The summed E-state index contributed by atoms with van der Waals surface area (Å²) in [6, 6.07) is 9.70. The van der Waals surface area contributed by atoms with Crippen LogP contribution >= 0.6 is 11.8 Å². The molecule has 12 heteroatoms. The molecule has 0 spiro atoms. The second-order valence-corrected chi connectivity index (χ2v) is 6.92. The van der Waals surface area contributed by atoms with Gasteiger partial charge in [-0.2, -0.15) is 5.10 Å². The highest BCUT2D eigenvalue weighted by molar-refractivity contribution is 7.99. The number of carbonyl (C=O) groups is 1. The highest BCUT2D eigenvalue weighted by Crippen LogP contribution is 2.34. The average molecular weight is 426 g/mol. The average Bonchev–Trinajstić information content (AvgIpc) is 3.13. The number of hydrogen-bond donors (Lipinski definition) is 1. The van der Waals surface area contributed by atoms with E-state index in [4.69, 9.17) is 0 Å². The Balaban J connectivity index is 1.74. The first-order chi connectivity index (χ1) is 14.3. The van der Waals surface area contributed by atoms with Crippen LogP contribution in [0.3, 0.4) is 0 Å². The molecule has 1 heterocycles. The van der Waals surface area contributed by atoms with E-state index in [1.807, 2.05) is 0 Å². The van der Waals surface area contributed by atoms with Gasteiger partial charge in [0.2, 0.25) is 0 Å². The second-order valence-electron chi connectivity index (χ2n) is 5.91. The lowest BCUT2D eigenvalue weighted by atomic mass is 10.2. The van der Waals surface area contributed by atoms with Gasteiger partial charge in [0.1, 0.15) is 0 Å². The van der Waals surface area contributed by atoms with E-state index in [-0.39, 0.29) is 16.9 Å². The van der Waals surface area contributed by atoms with Crippen LogP contribution in [0.2, 0.25) is 0 Å². The number of nitrogens with one attached hydrogen (secondary N) is 1. The van der Waals surface area contributed by atoms with Crippen LogP contribution in [0.25, 0.3) is 0 Å².